The van der Waals surface area contributed by atoms with E-state index in [0.717, 1.165) is 0 Å². The molecule has 0 aliphatic heterocycles. The molecular weight excluding hydrogens is 144 g/mol. The molecule has 0 saturated carbocycles. The Morgan fingerprint density at radius 2 is 1.88 bits per heavy atom. The van der Waals surface area contributed by atoms with Crippen LogP contribution in [0.4, 0.5) is 0 Å². The highest BCUT2D eigenvalue weighted by atomic mass is 32.1. The maximum atomic E-state index is 8.74. The number of aliphatic hydroxyl groups excluding tert-OH is 2. The minimum atomic E-state index is -0.725. The van der Waals surface area contributed by atoms with Crippen LogP contribution in [-0.4, -0.2) is 27.5 Å². The van der Waals surface area contributed by atoms with E-state index < -0.39 is 11.5 Å². The molecule has 0 heterocycles. The van der Waals surface area contributed by atoms with Crippen molar-refractivity contribution in [3.05, 3.63) is 0 Å². The van der Waals surface area contributed by atoms with Gasteiger partial charge in [0.15, 0.2) is 0 Å². The van der Waals surface area contributed by atoms with Gasteiger partial charge in [-0.05, 0) is 0 Å². The molecule has 0 saturated heterocycles. The lowest BCUT2D eigenvalue weighted by atomic mass is 10.3. The molecule has 2 atom stereocenters. The number of hydrogen-bond donors (Lipinski definition) is 4. The lowest BCUT2D eigenvalue weighted by Gasteiger charge is -2.06. The Morgan fingerprint density at radius 3 is 2.00 bits per heavy atom. The normalized spacial score (nSPS) is 18.0. The smallest absolute Gasteiger partial charge is 0.0989 e. The third kappa shape index (κ3) is 4.77. The highest BCUT2D eigenvalue weighted by Gasteiger charge is 2.04. The summed E-state index contributed by atoms with van der Waals surface area (Å²) in [6.45, 7) is 0. The van der Waals surface area contributed by atoms with Crippen molar-refractivity contribution in [2.24, 2.45) is 0 Å². The van der Waals surface area contributed by atoms with E-state index in [1.54, 1.807) is 0 Å². The summed E-state index contributed by atoms with van der Waals surface area (Å²) in [5.41, 5.74) is -0.725. The van der Waals surface area contributed by atoms with Gasteiger partial charge in [0.05, 0.1) is 11.5 Å². The number of aliphatic hydroxyl groups is 2. The van der Waals surface area contributed by atoms with Gasteiger partial charge in [-0.3, -0.25) is 0 Å². The molecule has 0 bridgehead atoms. The van der Waals surface area contributed by atoms with E-state index in [-0.39, 0.29) is 6.42 Å². The first-order valence-corrected chi connectivity index (χ1v) is 3.46. The maximum absolute atomic E-state index is 8.74. The summed E-state index contributed by atoms with van der Waals surface area (Å²) in [6, 6.07) is 0. The zero-order valence-electron chi connectivity index (χ0n) is 4.36. The van der Waals surface area contributed by atoms with Crippen molar-refractivity contribution in [1.82, 2.24) is 0 Å². The van der Waals surface area contributed by atoms with Gasteiger partial charge < -0.3 is 10.2 Å². The average Bonchev–Trinajstić information content (AvgIpc) is 1.65. The minimum Gasteiger partial charge on any atom is -0.392 e. The Morgan fingerprint density at radius 1 is 1.38 bits per heavy atom. The Kier molecular flexibility index (Phi) is 4.84. The Labute approximate surface area is 59.7 Å². The van der Waals surface area contributed by atoms with Crippen molar-refractivity contribution in [3.8, 4) is 0 Å². The van der Waals surface area contributed by atoms with E-state index in [1.165, 1.54) is 0 Å². The van der Waals surface area contributed by atoms with Gasteiger partial charge >= 0.3 is 0 Å². The first-order chi connectivity index (χ1) is 3.66. The van der Waals surface area contributed by atoms with Crippen molar-refractivity contribution >= 4 is 25.3 Å². The fourth-order valence-electron chi connectivity index (χ4n) is 0.318. The lowest BCUT2D eigenvalue weighted by Crippen LogP contribution is -2.14. The molecule has 8 heavy (non-hydrogen) atoms. The Bertz CT molecular complexity index is 58.0. The van der Waals surface area contributed by atoms with Crippen molar-refractivity contribution in [2.45, 2.75) is 18.0 Å². The van der Waals surface area contributed by atoms with Crippen LogP contribution in [0.1, 0.15) is 6.42 Å². The molecule has 0 aromatic rings. The van der Waals surface area contributed by atoms with Gasteiger partial charge in [-0.25, -0.2) is 0 Å². The SMILES string of the molecule is OC(S)CC(O)CS. The van der Waals surface area contributed by atoms with Gasteiger partial charge in [-0.1, -0.05) is 0 Å². The summed E-state index contributed by atoms with van der Waals surface area (Å²) in [5.74, 6) is 0.373. The van der Waals surface area contributed by atoms with Gasteiger partial charge in [-0.15, -0.1) is 12.6 Å². The van der Waals surface area contributed by atoms with Crippen molar-refractivity contribution in [1.29, 1.82) is 0 Å². The fourth-order valence-corrected chi connectivity index (χ4v) is 0.710. The van der Waals surface area contributed by atoms with E-state index in [9.17, 15) is 0 Å². The first kappa shape index (κ1) is 8.62. The molecule has 0 aromatic heterocycles. The predicted octanol–water partition coefficient (Wildman–Crippen LogP) is -0.0846. The van der Waals surface area contributed by atoms with Crippen LogP contribution in [0, 0.1) is 0 Å². The van der Waals surface area contributed by atoms with E-state index in [0.29, 0.717) is 5.75 Å². The summed E-state index contributed by atoms with van der Waals surface area (Å²) in [6.07, 6.45) is -0.252. The van der Waals surface area contributed by atoms with Crippen LogP contribution in [0.15, 0.2) is 0 Å². The van der Waals surface area contributed by atoms with Crippen LogP contribution in [0.3, 0.4) is 0 Å². The van der Waals surface area contributed by atoms with Crippen LogP contribution in [0.25, 0.3) is 0 Å². The molecule has 2 nitrogen and oxygen atoms in total. The van der Waals surface area contributed by atoms with Crippen LogP contribution < -0.4 is 0 Å². The van der Waals surface area contributed by atoms with Crippen LogP contribution in [0.5, 0.6) is 0 Å². The monoisotopic (exact) mass is 154 g/mol. The number of rotatable bonds is 3. The summed E-state index contributed by atoms with van der Waals surface area (Å²) < 4.78 is 0. The Balaban J connectivity index is 3.10. The van der Waals surface area contributed by atoms with E-state index >= 15 is 0 Å². The third-order valence-corrected chi connectivity index (χ3v) is 1.33. The standard InChI is InChI=1S/C4H10O2S2/c5-3(2-7)1-4(6)8/h3-8H,1-2H2. The molecule has 0 rings (SSSR count). The lowest BCUT2D eigenvalue weighted by molar-refractivity contribution is 0.139. The molecule has 0 aromatic carbocycles. The highest BCUT2D eigenvalue weighted by Crippen LogP contribution is 2.01. The Hall–Kier alpha value is 0.620. The average molecular weight is 154 g/mol. The maximum Gasteiger partial charge on any atom is 0.0989 e. The minimum absolute atomic E-state index is 0.284. The van der Waals surface area contributed by atoms with Gasteiger partial charge in [0.2, 0.25) is 0 Å². The number of thiol groups is 2. The highest BCUT2D eigenvalue weighted by molar-refractivity contribution is 7.80. The van der Waals surface area contributed by atoms with Gasteiger partial charge in [0, 0.05) is 12.2 Å². The largest absolute Gasteiger partial charge is 0.392 e. The molecular formula is C4H10O2S2. The van der Waals surface area contributed by atoms with Crippen LogP contribution >= 0.6 is 25.3 Å². The second kappa shape index (κ2) is 4.49. The van der Waals surface area contributed by atoms with Crippen molar-refractivity contribution in [3.63, 3.8) is 0 Å². The van der Waals surface area contributed by atoms with Crippen molar-refractivity contribution < 1.29 is 10.2 Å². The van der Waals surface area contributed by atoms with E-state index in [4.69, 9.17) is 10.2 Å². The molecule has 4 heteroatoms. The zero-order chi connectivity index (χ0) is 6.57. The van der Waals surface area contributed by atoms with E-state index in [1.807, 2.05) is 0 Å². The quantitative estimate of drug-likeness (QED) is 0.339. The molecule has 0 fully saturated rings. The number of hydrogen-bond acceptors (Lipinski definition) is 4. The van der Waals surface area contributed by atoms with Gasteiger partial charge in [-0.2, -0.15) is 12.6 Å². The second-order valence-corrected chi connectivity index (χ2v) is 2.51. The molecule has 2 unspecified atom stereocenters. The zero-order valence-corrected chi connectivity index (χ0v) is 6.15. The summed E-state index contributed by atoms with van der Waals surface area (Å²) >= 11 is 7.45. The molecule has 0 amide bonds. The topological polar surface area (TPSA) is 40.5 Å². The van der Waals surface area contributed by atoms with Gasteiger partial charge in [0.25, 0.3) is 0 Å². The van der Waals surface area contributed by atoms with E-state index in [2.05, 4.69) is 25.3 Å². The second-order valence-electron chi connectivity index (χ2n) is 1.55. The molecule has 0 spiro atoms. The predicted molar refractivity (Wildman–Crippen MR) is 39.5 cm³/mol. The molecule has 0 aliphatic carbocycles. The van der Waals surface area contributed by atoms with Gasteiger partial charge in [0.1, 0.15) is 0 Å². The summed E-state index contributed by atoms with van der Waals surface area (Å²) in [4.78, 5) is 0. The van der Waals surface area contributed by atoms with Crippen molar-refractivity contribution in [2.75, 3.05) is 5.75 Å². The first-order valence-electron chi connectivity index (χ1n) is 2.32. The molecule has 2 N–H and O–H groups in total. The van der Waals surface area contributed by atoms with Crippen LogP contribution in [0.2, 0.25) is 0 Å². The molecule has 0 radical (unpaired) electrons. The molecule has 50 valence electrons. The molecule has 0 aliphatic rings. The fraction of sp³-hybridized carbons (Fsp3) is 1.00. The van der Waals surface area contributed by atoms with Crippen LogP contribution in [-0.2, 0) is 0 Å². The third-order valence-electron chi connectivity index (χ3n) is 0.694. The summed E-state index contributed by atoms with van der Waals surface area (Å²) in [5, 5.41) is 17.3. The summed E-state index contributed by atoms with van der Waals surface area (Å²) in [7, 11) is 0.